The topological polar surface area (TPSA) is 97.4 Å². The number of hydrogen-bond acceptors (Lipinski definition) is 7. The van der Waals surface area contributed by atoms with Crippen molar-refractivity contribution in [3.05, 3.63) is 39.3 Å². The van der Waals surface area contributed by atoms with Gasteiger partial charge in [0.1, 0.15) is 36.8 Å². The standard InChI is InChI=1S/C20H17ClFN3O6S/c21-16-2-1-15(32-16)19(27)23-7-14-12-8-30-13-6-10(24-3-4-29-9-17(24)26)5-11(22)18(13)25(12)20(28)31-14/h1-2,5-6,12,14H,3-4,7-9H2,(H,23,27)/t12-,14-/m0/s1. The summed E-state index contributed by atoms with van der Waals surface area (Å²) in [5.74, 6) is -1.20. The van der Waals surface area contributed by atoms with Crippen molar-refractivity contribution in [2.45, 2.75) is 12.1 Å². The van der Waals surface area contributed by atoms with Gasteiger partial charge in [-0.15, -0.1) is 11.3 Å². The maximum atomic E-state index is 15.1. The predicted octanol–water partition coefficient (Wildman–Crippen LogP) is 2.42. The summed E-state index contributed by atoms with van der Waals surface area (Å²) >= 11 is 6.99. The van der Waals surface area contributed by atoms with Gasteiger partial charge in [-0.1, -0.05) is 11.6 Å². The molecule has 2 atom stereocenters. The third kappa shape index (κ3) is 3.65. The fourth-order valence-electron chi connectivity index (χ4n) is 3.93. The molecule has 1 aromatic heterocycles. The monoisotopic (exact) mass is 481 g/mol. The van der Waals surface area contributed by atoms with Crippen LogP contribution in [-0.2, 0) is 14.3 Å². The number of halogens is 2. The van der Waals surface area contributed by atoms with E-state index in [9.17, 15) is 14.4 Å². The molecular formula is C20H17ClFN3O6S. The molecule has 0 unspecified atom stereocenters. The molecule has 0 saturated carbocycles. The molecule has 1 N–H and O–H groups in total. The van der Waals surface area contributed by atoms with Gasteiger partial charge < -0.3 is 24.4 Å². The Balaban J connectivity index is 1.34. The van der Waals surface area contributed by atoms with Gasteiger partial charge in [0, 0.05) is 18.7 Å². The van der Waals surface area contributed by atoms with Crippen molar-refractivity contribution in [3.63, 3.8) is 0 Å². The minimum atomic E-state index is -0.730. The number of anilines is 2. The molecule has 3 aliphatic heterocycles. The molecule has 32 heavy (non-hydrogen) atoms. The van der Waals surface area contributed by atoms with Crippen LogP contribution in [0.1, 0.15) is 9.67 Å². The third-order valence-corrected chi connectivity index (χ3v) is 6.66. The summed E-state index contributed by atoms with van der Waals surface area (Å²) in [5, 5.41) is 2.71. The van der Waals surface area contributed by atoms with E-state index in [1.807, 2.05) is 0 Å². The number of rotatable bonds is 4. The van der Waals surface area contributed by atoms with Gasteiger partial charge in [0.05, 0.1) is 28.1 Å². The average Bonchev–Trinajstić information content (AvgIpc) is 3.35. The number of morpholine rings is 1. The lowest BCUT2D eigenvalue weighted by molar-refractivity contribution is -0.125. The molecule has 168 valence electrons. The first-order valence-corrected chi connectivity index (χ1v) is 11.0. The normalized spacial score (nSPS) is 22.2. The van der Waals surface area contributed by atoms with Crippen LogP contribution in [0.5, 0.6) is 5.75 Å². The van der Waals surface area contributed by atoms with Crippen molar-refractivity contribution in [1.29, 1.82) is 0 Å². The predicted molar refractivity (Wildman–Crippen MR) is 113 cm³/mol. The highest BCUT2D eigenvalue weighted by Crippen LogP contribution is 2.43. The fourth-order valence-corrected chi connectivity index (χ4v) is 4.89. The van der Waals surface area contributed by atoms with Gasteiger partial charge >= 0.3 is 6.09 Å². The highest BCUT2D eigenvalue weighted by atomic mass is 35.5. The number of nitrogens with one attached hydrogen (secondary N) is 1. The number of carbonyl (C=O) groups is 3. The number of hydrogen-bond donors (Lipinski definition) is 1. The number of fused-ring (bicyclic) bond motifs is 3. The van der Waals surface area contributed by atoms with Gasteiger partial charge in [-0.2, -0.15) is 0 Å². The van der Waals surface area contributed by atoms with E-state index >= 15 is 4.39 Å². The molecular weight excluding hydrogens is 465 g/mol. The Morgan fingerprint density at radius 1 is 1.31 bits per heavy atom. The number of carbonyl (C=O) groups excluding carboxylic acids is 3. The molecule has 1 aromatic carbocycles. The third-order valence-electron chi connectivity index (χ3n) is 5.43. The van der Waals surface area contributed by atoms with Crippen LogP contribution in [0, 0.1) is 5.82 Å². The second-order valence-corrected chi connectivity index (χ2v) is 9.07. The average molecular weight is 482 g/mol. The number of benzene rings is 1. The molecule has 5 rings (SSSR count). The molecule has 4 heterocycles. The molecule has 9 nitrogen and oxygen atoms in total. The van der Waals surface area contributed by atoms with Crippen LogP contribution >= 0.6 is 22.9 Å². The summed E-state index contributed by atoms with van der Waals surface area (Å²) in [4.78, 5) is 40.0. The first kappa shape index (κ1) is 21.0. The van der Waals surface area contributed by atoms with Crippen molar-refractivity contribution >= 4 is 52.2 Å². The summed E-state index contributed by atoms with van der Waals surface area (Å²) < 4.78 is 31.8. The van der Waals surface area contributed by atoms with E-state index in [4.69, 9.17) is 25.8 Å². The summed E-state index contributed by atoms with van der Waals surface area (Å²) in [5.41, 5.74) is 0.286. The molecule has 12 heteroatoms. The second-order valence-electron chi connectivity index (χ2n) is 7.36. The number of amides is 3. The van der Waals surface area contributed by atoms with Crippen molar-refractivity contribution in [1.82, 2.24) is 5.32 Å². The minimum absolute atomic E-state index is 0.0297. The smallest absolute Gasteiger partial charge is 0.415 e. The largest absolute Gasteiger partial charge is 0.489 e. The molecule has 2 saturated heterocycles. The summed E-state index contributed by atoms with van der Waals surface area (Å²) in [6, 6.07) is 5.32. The van der Waals surface area contributed by atoms with E-state index < -0.39 is 24.1 Å². The van der Waals surface area contributed by atoms with Crippen LogP contribution in [0.2, 0.25) is 4.34 Å². The van der Waals surface area contributed by atoms with E-state index in [0.717, 1.165) is 11.3 Å². The van der Waals surface area contributed by atoms with E-state index in [0.29, 0.717) is 28.1 Å². The minimum Gasteiger partial charge on any atom is -0.489 e. The van der Waals surface area contributed by atoms with Crippen molar-refractivity contribution in [3.8, 4) is 5.75 Å². The fraction of sp³-hybridized carbons (Fsp3) is 0.350. The Labute approximate surface area is 190 Å². The van der Waals surface area contributed by atoms with Crippen molar-refractivity contribution < 1.29 is 33.0 Å². The summed E-state index contributed by atoms with van der Waals surface area (Å²) in [7, 11) is 0. The van der Waals surface area contributed by atoms with Crippen LogP contribution in [0.4, 0.5) is 20.6 Å². The Bertz CT molecular complexity index is 1110. The SMILES string of the molecule is O=C(NC[C@@H]1OC(=O)N2c3c(F)cc(N4CCOCC4=O)cc3OC[C@@H]12)c1ccc(Cl)s1. The molecule has 3 amide bonds. The molecule has 3 aliphatic rings. The Morgan fingerprint density at radius 3 is 2.91 bits per heavy atom. The van der Waals surface area contributed by atoms with Crippen molar-refractivity contribution in [2.75, 3.05) is 42.7 Å². The molecule has 2 fully saturated rings. The van der Waals surface area contributed by atoms with Gasteiger partial charge in [0.15, 0.2) is 5.82 Å². The number of ether oxygens (including phenoxy) is 3. The zero-order chi connectivity index (χ0) is 22.4. The molecule has 0 bridgehead atoms. The molecule has 0 spiro atoms. The number of cyclic esters (lactones) is 1. The van der Waals surface area contributed by atoms with E-state index in [-0.39, 0.29) is 43.0 Å². The van der Waals surface area contributed by atoms with Crippen LogP contribution in [-0.4, -0.2) is 63.0 Å². The van der Waals surface area contributed by atoms with Gasteiger partial charge in [-0.25, -0.2) is 9.18 Å². The Hall–Kier alpha value is -2.89. The van der Waals surface area contributed by atoms with Crippen LogP contribution < -0.4 is 19.9 Å². The quantitative estimate of drug-likeness (QED) is 0.720. The van der Waals surface area contributed by atoms with Gasteiger partial charge in [0.2, 0.25) is 0 Å². The van der Waals surface area contributed by atoms with Gasteiger partial charge in [-0.3, -0.25) is 14.5 Å². The summed E-state index contributed by atoms with van der Waals surface area (Å²) in [6.45, 7) is 0.636. The highest BCUT2D eigenvalue weighted by molar-refractivity contribution is 7.18. The zero-order valence-corrected chi connectivity index (χ0v) is 18.1. The van der Waals surface area contributed by atoms with E-state index in [1.54, 1.807) is 12.1 Å². The Kier molecular flexibility index (Phi) is 5.39. The highest BCUT2D eigenvalue weighted by Gasteiger charge is 2.48. The van der Waals surface area contributed by atoms with Crippen LogP contribution in [0.25, 0.3) is 0 Å². The molecule has 0 aliphatic carbocycles. The number of nitrogens with zero attached hydrogens (tertiary/aromatic N) is 2. The van der Waals surface area contributed by atoms with Crippen LogP contribution in [0.15, 0.2) is 24.3 Å². The molecule has 2 aromatic rings. The lowest BCUT2D eigenvalue weighted by Crippen LogP contribution is -2.48. The van der Waals surface area contributed by atoms with E-state index in [1.165, 1.54) is 21.9 Å². The van der Waals surface area contributed by atoms with Crippen molar-refractivity contribution in [2.24, 2.45) is 0 Å². The van der Waals surface area contributed by atoms with Gasteiger partial charge in [0.25, 0.3) is 11.8 Å². The first-order valence-electron chi connectivity index (χ1n) is 9.80. The first-order chi connectivity index (χ1) is 15.4. The van der Waals surface area contributed by atoms with E-state index in [2.05, 4.69) is 5.32 Å². The maximum Gasteiger partial charge on any atom is 0.415 e. The lowest BCUT2D eigenvalue weighted by atomic mass is 10.1. The maximum absolute atomic E-state index is 15.1. The summed E-state index contributed by atoms with van der Waals surface area (Å²) in [6.07, 6.45) is -1.46. The lowest BCUT2D eigenvalue weighted by Gasteiger charge is -2.33. The number of thiophene rings is 1. The molecule has 0 radical (unpaired) electrons. The Morgan fingerprint density at radius 2 is 2.16 bits per heavy atom. The van der Waals surface area contributed by atoms with Gasteiger partial charge in [-0.05, 0) is 12.1 Å². The zero-order valence-electron chi connectivity index (χ0n) is 16.5. The van der Waals surface area contributed by atoms with Crippen LogP contribution in [0.3, 0.4) is 0 Å². The second kappa shape index (κ2) is 8.23.